The Kier molecular flexibility index (Phi) is 4.50. The van der Waals surface area contributed by atoms with Crippen molar-refractivity contribution in [2.24, 2.45) is 0 Å². The second-order valence-corrected chi connectivity index (χ2v) is 5.46. The zero-order chi connectivity index (χ0) is 13.0. The van der Waals surface area contributed by atoms with Gasteiger partial charge in [0.15, 0.2) is 5.78 Å². The zero-order valence-corrected chi connectivity index (χ0v) is 12.0. The molecular formula is C15H14OS2. The molecule has 18 heavy (non-hydrogen) atoms. The predicted octanol–water partition coefficient (Wildman–Crippen LogP) is 4.36. The molecule has 0 radical (unpaired) electrons. The zero-order valence-electron chi connectivity index (χ0n) is 10.3. The summed E-state index contributed by atoms with van der Waals surface area (Å²) in [6.45, 7) is 0. The second kappa shape index (κ2) is 6.12. The van der Waals surface area contributed by atoms with Crippen LogP contribution in [-0.4, -0.2) is 18.3 Å². The summed E-state index contributed by atoms with van der Waals surface area (Å²) in [6.07, 6.45) is 4.08. The van der Waals surface area contributed by atoms with Gasteiger partial charge < -0.3 is 0 Å². The second-order valence-electron chi connectivity index (χ2n) is 3.76. The first-order valence-electron chi connectivity index (χ1n) is 5.58. The van der Waals surface area contributed by atoms with Gasteiger partial charge in [-0.2, -0.15) is 0 Å². The van der Waals surface area contributed by atoms with Gasteiger partial charge in [-0.15, -0.1) is 23.5 Å². The van der Waals surface area contributed by atoms with Crippen LogP contribution in [0, 0.1) is 0 Å². The van der Waals surface area contributed by atoms with E-state index in [0.717, 1.165) is 16.0 Å². The minimum absolute atomic E-state index is 0.0820. The lowest BCUT2D eigenvalue weighted by Crippen LogP contribution is -2.01. The van der Waals surface area contributed by atoms with Crippen LogP contribution in [0.3, 0.4) is 0 Å². The number of thioether (sulfide) groups is 2. The molecule has 0 saturated carbocycles. The Balaban J connectivity index is 2.37. The van der Waals surface area contributed by atoms with Crippen molar-refractivity contribution >= 4 is 29.3 Å². The van der Waals surface area contributed by atoms with Crippen molar-refractivity contribution < 1.29 is 4.79 Å². The lowest BCUT2D eigenvalue weighted by molar-refractivity contribution is 0.103. The molecule has 92 valence electrons. The molecule has 0 bridgehead atoms. The van der Waals surface area contributed by atoms with E-state index in [-0.39, 0.29) is 5.78 Å². The van der Waals surface area contributed by atoms with Crippen molar-refractivity contribution in [3.8, 4) is 0 Å². The third-order valence-electron chi connectivity index (χ3n) is 2.68. The molecule has 3 heteroatoms. The fourth-order valence-corrected chi connectivity index (χ4v) is 3.21. The maximum absolute atomic E-state index is 12.3. The average molecular weight is 274 g/mol. The standard InChI is InChI=1S/C15H14OS2/c1-17-13-9-8-12(10-14(13)18-2)15(16)11-6-4-3-5-7-11/h3-10H,1-2H3. The molecule has 0 saturated heterocycles. The molecule has 2 aromatic carbocycles. The number of benzene rings is 2. The summed E-state index contributed by atoms with van der Waals surface area (Å²) in [4.78, 5) is 14.7. The summed E-state index contributed by atoms with van der Waals surface area (Å²) in [7, 11) is 0. The maximum Gasteiger partial charge on any atom is 0.193 e. The van der Waals surface area contributed by atoms with Gasteiger partial charge in [0.25, 0.3) is 0 Å². The number of rotatable bonds is 4. The fourth-order valence-electron chi connectivity index (χ4n) is 1.73. The maximum atomic E-state index is 12.3. The topological polar surface area (TPSA) is 17.1 Å². The number of carbonyl (C=O) groups is 1. The Hall–Kier alpha value is -1.19. The minimum Gasteiger partial charge on any atom is -0.289 e. The molecule has 0 aliphatic heterocycles. The normalized spacial score (nSPS) is 10.3. The van der Waals surface area contributed by atoms with Crippen molar-refractivity contribution in [2.45, 2.75) is 9.79 Å². The van der Waals surface area contributed by atoms with E-state index in [9.17, 15) is 4.79 Å². The molecule has 0 heterocycles. The third kappa shape index (κ3) is 2.79. The van der Waals surface area contributed by atoms with Gasteiger partial charge in [0.1, 0.15) is 0 Å². The molecule has 2 aromatic rings. The lowest BCUT2D eigenvalue weighted by Gasteiger charge is -2.07. The van der Waals surface area contributed by atoms with Crippen molar-refractivity contribution in [2.75, 3.05) is 12.5 Å². The Morgan fingerprint density at radius 2 is 1.50 bits per heavy atom. The Bertz CT molecular complexity index is 550. The molecule has 0 fully saturated rings. The van der Waals surface area contributed by atoms with Gasteiger partial charge in [-0.25, -0.2) is 0 Å². The first-order chi connectivity index (χ1) is 8.76. The number of carbonyl (C=O) groups excluding carboxylic acids is 1. The molecule has 0 N–H and O–H groups in total. The molecule has 0 atom stereocenters. The molecule has 0 spiro atoms. The Morgan fingerprint density at radius 1 is 0.833 bits per heavy atom. The minimum atomic E-state index is 0.0820. The van der Waals surface area contributed by atoms with E-state index in [2.05, 4.69) is 0 Å². The van der Waals surface area contributed by atoms with Crippen molar-refractivity contribution in [3.05, 3.63) is 59.7 Å². The van der Waals surface area contributed by atoms with Crippen LogP contribution in [0.5, 0.6) is 0 Å². The average Bonchev–Trinajstić information content (AvgIpc) is 2.46. The van der Waals surface area contributed by atoms with Gasteiger partial charge in [-0.05, 0) is 30.7 Å². The molecular weight excluding hydrogens is 260 g/mol. The van der Waals surface area contributed by atoms with Gasteiger partial charge in [-0.3, -0.25) is 4.79 Å². The highest BCUT2D eigenvalue weighted by Crippen LogP contribution is 2.29. The summed E-state index contributed by atoms with van der Waals surface area (Å²) >= 11 is 3.38. The van der Waals surface area contributed by atoms with Crippen LogP contribution >= 0.6 is 23.5 Å². The predicted molar refractivity (Wildman–Crippen MR) is 79.9 cm³/mol. The first-order valence-corrected chi connectivity index (χ1v) is 8.03. The van der Waals surface area contributed by atoms with E-state index in [4.69, 9.17) is 0 Å². The van der Waals surface area contributed by atoms with Gasteiger partial charge in [-0.1, -0.05) is 30.3 Å². The van der Waals surface area contributed by atoms with Gasteiger partial charge in [0.2, 0.25) is 0 Å². The third-order valence-corrected chi connectivity index (χ3v) is 4.38. The monoisotopic (exact) mass is 274 g/mol. The van der Waals surface area contributed by atoms with Crippen LogP contribution in [0.1, 0.15) is 15.9 Å². The van der Waals surface area contributed by atoms with Gasteiger partial charge >= 0.3 is 0 Å². The fraction of sp³-hybridized carbons (Fsp3) is 0.133. The molecule has 0 amide bonds. The summed E-state index contributed by atoms with van der Waals surface area (Å²) < 4.78 is 0. The van der Waals surface area contributed by atoms with Gasteiger partial charge in [0.05, 0.1) is 0 Å². The van der Waals surface area contributed by atoms with Crippen LogP contribution in [0.25, 0.3) is 0 Å². The van der Waals surface area contributed by atoms with E-state index < -0.39 is 0 Å². The van der Waals surface area contributed by atoms with E-state index >= 15 is 0 Å². The molecule has 0 aliphatic carbocycles. The summed E-state index contributed by atoms with van der Waals surface area (Å²) in [5, 5.41) is 0. The molecule has 0 aromatic heterocycles. The first kappa shape index (κ1) is 13.2. The highest BCUT2D eigenvalue weighted by Gasteiger charge is 2.10. The molecule has 1 nitrogen and oxygen atoms in total. The highest BCUT2D eigenvalue weighted by molar-refractivity contribution is 8.01. The summed E-state index contributed by atoms with van der Waals surface area (Å²) in [6, 6.07) is 15.3. The van der Waals surface area contributed by atoms with E-state index in [1.165, 1.54) is 4.90 Å². The van der Waals surface area contributed by atoms with Crippen LogP contribution in [0.4, 0.5) is 0 Å². The van der Waals surface area contributed by atoms with E-state index in [1.54, 1.807) is 23.5 Å². The van der Waals surface area contributed by atoms with Crippen molar-refractivity contribution in [3.63, 3.8) is 0 Å². The van der Waals surface area contributed by atoms with Crippen LogP contribution in [0.2, 0.25) is 0 Å². The quantitative estimate of drug-likeness (QED) is 0.609. The lowest BCUT2D eigenvalue weighted by atomic mass is 10.0. The van der Waals surface area contributed by atoms with E-state index in [0.29, 0.717) is 0 Å². The highest BCUT2D eigenvalue weighted by atomic mass is 32.2. The smallest absolute Gasteiger partial charge is 0.193 e. The molecule has 0 unspecified atom stereocenters. The number of hydrogen-bond acceptors (Lipinski definition) is 3. The van der Waals surface area contributed by atoms with Crippen molar-refractivity contribution in [1.29, 1.82) is 0 Å². The van der Waals surface area contributed by atoms with Crippen molar-refractivity contribution in [1.82, 2.24) is 0 Å². The largest absolute Gasteiger partial charge is 0.289 e. The molecule has 0 aliphatic rings. The van der Waals surface area contributed by atoms with Crippen LogP contribution < -0.4 is 0 Å². The SMILES string of the molecule is CSc1ccc(C(=O)c2ccccc2)cc1SC. The van der Waals surface area contributed by atoms with Crippen LogP contribution in [-0.2, 0) is 0 Å². The number of ketones is 1. The number of hydrogen-bond donors (Lipinski definition) is 0. The van der Waals surface area contributed by atoms with E-state index in [1.807, 2.05) is 61.0 Å². The summed E-state index contributed by atoms with van der Waals surface area (Å²) in [5.74, 6) is 0.0820. The summed E-state index contributed by atoms with van der Waals surface area (Å²) in [5.41, 5.74) is 1.49. The Labute approximate surface area is 116 Å². The van der Waals surface area contributed by atoms with Gasteiger partial charge in [0, 0.05) is 20.9 Å². The molecule has 2 rings (SSSR count). The van der Waals surface area contributed by atoms with Crippen LogP contribution in [0.15, 0.2) is 58.3 Å². The Morgan fingerprint density at radius 3 is 2.11 bits per heavy atom.